The van der Waals surface area contributed by atoms with E-state index in [0.29, 0.717) is 5.39 Å². The largest absolute Gasteiger partial charge is 0.496 e. The molecule has 0 atom stereocenters. The fraction of sp³-hybridized carbons (Fsp3) is 0.240. The molecule has 2 aromatic heterocycles. The molecule has 1 aliphatic carbocycles. The summed E-state index contributed by atoms with van der Waals surface area (Å²) < 4.78 is 62.3. The summed E-state index contributed by atoms with van der Waals surface area (Å²) in [5.41, 5.74) is 11.8. The zero-order valence-electron chi connectivity index (χ0n) is 19.9. The number of amides is 2. The van der Waals surface area contributed by atoms with Crippen LogP contribution in [0.3, 0.4) is 0 Å². The summed E-state index contributed by atoms with van der Waals surface area (Å²) in [6.45, 7) is -0.280. The third-order valence-electron chi connectivity index (χ3n) is 6.59. The number of halogens is 4. The third-order valence-corrected chi connectivity index (χ3v) is 6.59. The highest BCUT2D eigenvalue weighted by molar-refractivity contribution is 6.07. The van der Waals surface area contributed by atoms with E-state index < -0.39 is 48.3 Å². The number of fused-ring (bicyclic) bond motifs is 1. The van der Waals surface area contributed by atoms with Crippen molar-refractivity contribution in [2.75, 3.05) is 12.8 Å². The van der Waals surface area contributed by atoms with Crippen LogP contribution in [0.1, 0.15) is 45.2 Å². The number of hydrogen-bond donors (Lipinski definition) is 4. The second-order valence-electron chi connectivity index (χ2n) is 9.01. The van der Waals surface area contributed by atoms with Gasteiger partial charge in [0.15, 0.2) is 0 Å². The monoisotopic (exact) mass is 530 g/mol. The lowest BCUT2D eigenvalue weighted by atomic mass is 9.88. The second kappa shape index (κ2) is 9.08. The van der Waals surface area contributed by atoms with E-state index in [4.69, 9.17) is 16.2 Å². The molecule has 1 aliphatic rings. The number of nitrogens with one attached hydrogen (secondary N) is 2. The molecule has 0 saturated heterocycles. The second-order valence-corrected chi connectivity index (χ2v) is 9.01. The average molecular weight is 530 g/mol. The molecule has 0 bridgehead atoms. The van der Waals surface area contributed by atoms with Gasteiger partial charge in [0.05, 0.1) is 24.2 Å². The molecule has 0 aliphatic heterocycles. The van der Waals surface area contributed by atoms with Crippen LogP contribution in [0, 0.1) is 11.6 Å². The first-order valence-corrected chi connectivity index (χ1v) is 11.5. The molecule has 2 amide bonds. The van der Waals surface area contributed by atoms with Crippen molar-refractivity contribution < 1.29 is 31.9 Å². The van der Waals surface area contributed by atoms with Gasteiger partial charge >= 0.3 is 0 Å². The summed E-state index contributed by atoms with van der Waals surface area (Å²) in [5.74, 6) is -5.95. The van der Waals surface area contributed by atoms with Gasteiger partial charge in [0.1, 0.15) is 34.5 Å². The highest BCUT2D eigenvalue weighted by Crippen LogP contribution is 2.47. The molecule has 2 aromatic carbocycles. The molecule has 4 aromatic rings. The van der Waals surface area contributed by atoms with Crippen molar-refractivity contribution in [2.45, 2.75) is 31.4 Å². The topological polar surface area (TPSA) is 141 Å². The first-order chi connectivity index (χ1) is 18.0. The number of nitrogens with zero attached hydrogens (tertiary/aromatic N) is 2. The minimum absolute atomic E-state index is 0.0474. The van der Waals surface area contributed by atoms with Crippen molar-refractivity contribution in [1.29, 1.82) is 0 Å². The number of nitrogens with two attached hydrogens (primary N) is 2. The Bertz CT molecular complexity index is 1590. The minimum atomic E-state index is -2.86. The van der Waals surface area contributed by atoms with E-state index in [1.807, 2.05) is 0 Å². The van der Waals surface area contributed by atoms with Crippen molar-refractivity contribution in [3.05, 3.63) is 64.9 Å². The number of methoxy groups -OCH3 is 1. The van der Waals surface area contributed by atoms with E-state index in [0.717, 1.165) is 22.9 Å². The van der Waals surface area contributed by atoms with Gasteiger partial charge in [-0.05, 0) is 30.3 Å². The van der Waals surface area contributed by atoms with Crippen LogP contribution in [0.2, 0.25) is 0 Å². The number of aromatic nitrogens is 3. The van der Waals surface area contributed by atoms with Gasteiger partial charge in [-0.15, -0.1) is 0 Å². The van der Waals surface area contributed by atoms with E-state index in [1.165, 1.54) is 19.4 Å². The van der Waals surface area contributed by atoms with Crippen LogP contribution in [0.4, 0.5) is 23.4 Å². The number of carbonyl (C=O) groups is 2. The summed E-state index contributed by atoms with van der Waals surface area (Å²) in [5, 5.41) is 7.26. The molecule has 0 radical (unpaired) electrons. The van der Waals surface area contributed by atoms with E-state index in [1.54, 1.807) is 6.07 Å². The fourth-order valence-electron chi connectivity index (χ4n) is 4.70. The number of aromatic amines is 1. The van der Waals surface area contributed by atoms with Crippen LogP contribution in [0.15, 0.2) is 36.5 Å². The van der Waals surface area contributed by atoms with Crippen LogP contribution >= 0.6 is 0 Å². The molecule has 9 nitrogen and oxygen atoms in total. The lowest BCUT2D eigenvalue weighted by molar-refractivity contribution is -0.106. The summed E-state index contributed by atoms with van der Waals surface area (Å²) in [6, 6.07) is 5.41. The Hall–Kier alpha value is -4.55. The van der Waals surface area contributed by atoms with Gasteiger partial charge in [-0.1, -0.05) is 0 Å². The summed E-state index contributed by atoms with van der Waals surface area (Å²) >= 11 is 0. The number of nitrogen functional groups attached to an aromatic ring is 1. The van der Waals surface area contributed by atoms with E-state index >= 15 is 4.39 Å². The Kier molecular flexibility index (Phi) is 6.00. The van der Waals surface area contributed by atoms with Gasteiger partial charge in [-0.2, -0.15) is 5.10 Å². The number of anilines is 1. The number of primary amides is 1. The Labute approximate surface area is 212 Å². The van der Waals surface area contributed by atoms with Crippen LogP contribution < -0.4 is 21.5 Å². The molecule has 5 rings (SSSR count). The van der Waals surface area contributed by atoms with Gasteiger partial charge in [0.25, 0.3) is 17.7 Å². The van der Waals surface area contributed by atoms with Crippen molar-refractivity contribution in [1.82, 2.24) is 20.1 Å². The Morgan fingerprint density at radius 2 is 1.97 bits per heavy atom. The number of hydrogen-bond acceptors (Lipinski definition) is 5. The summed E-state index contributed by atoms with van der Waals surface area (Å²) in [6.07, 6.45) is 0.518. The van der Waals surface area contributed by atoms with E-state index in [2.05, 4.69) is 15.4 Å². The number of H-pyrrole nitrogens is 1. The molecule has 13 heteroatoms. The highest BCUT2D eigenvalue weighted by Gasteiger charge is 2.48. The Balaban J connectivity index is 1.52. The predicted molar refractivity (Wildman–Crippen MR) is 130 cm³/mol. The molecule has 6 N–H and O–H groups in total. The molecule has 0 unspecified atom stereocenters. The van der Waals surface area contributed by atoms with E-state index in [-0.39, 0.29) is 51.6 Å². The van der Waals surface area contributed by atoms with Gasteiger partial charge in [-0.25, -0.2) is 22.2 Å². The number of alkyl halides is 2. The zero-order chi connectivity index (χ0) is 27.4. The van der Waals surface area contributed by atoms with Crippen LogP contribution in [0.5, 0.6) is 5.75 Å². The highest BCUT2D eigenvalue weighted by atomic mass is 19.3. The maximum absolute atomic E-state index is 15.4. The van der Waals surface area contributed by atoms with Gasteiger partial charge in [-0.3, -0.25) is 9.59 Å². The van der Waals surface area contributed by atoms with Gasteiger partial charge < -0.3 is 26.5 Å². The SMILES string of the molecule is COc1ccc(F)cc1C(=O)NCc1c(F)cc(-c2nn(C3CC(F)(F)C3)c(N)c2C(N)=O)c2cc[nH]c12. The number of benzene rings is 2. The smallest absolute Gasteiger partial charge is 0.255 e. The third kappa shape index (κ3) is 4.19. The van der Waals surface area contributed by atoms with Crippen LogP contribution in [-0.4, -0.2) is 39.6 Å². The number of carbonyl (C=O) groups excluding carboxylic acids is 2. The maximum atomic E-state index is 15.4. The van der Waals surface area contributed by atoms with Crippen molar-refractivity contribution >= 4 is 28.5 Å². The van der Waals surface area contributed by atoms with Gasteiger partial charge in [0, 0.05) is 42.1 Å². The molecule has 0 spiro atoms. The Morgan fingerprint density at radius 1 is 1.24 bits per heavy atom. The molecule has 198 valence electrons. The Morgan fingerprint density at radius 3 is 2.63 bits per heavy atom. The molecule has 2 heterocycles. The molecular formula is C25H22F4N6O3. The molecule has 1 saturated carbocycles. The fourth-order valence-corrected chi connectivity index (χ4v) is 4.70. The lowest BCUT2D eigenvalue weighted by Crippen LogP contribution is -2.38. The normalized spacial score (nSPS) is 14.9. The predicted octanol–water partition coefficient (Wildman–Crippen LogP) is 3.90. The summed E-state index contributed by atoms with van der Waals surface area (Å²) in [7, 11) is 1.33. The number of rotatable bonds is 7. The first kappa shape index (κ1) is 25.1. The zero-order valence-corrected chi connectivity index (χ0v) is 19.9. The number of ether oxygens (including phenoxy) is 1. The van der Waals surface area contributed by atoms with Crippen molar-refractivity contribution in [3.8, 4) is 17.0 Å². The summed E-state index contributed by atoms with van der Waals surface area (Å²) in [4.78, 5) is 27.9. The van der Waals surface area contributed by atoms with Crippen molar-refractivity contribution in [2.24, 2.45) is 5.73 Å². The molecular weight excluding hydrogens is 508 g/mol. The van der Waals surface area contributed by atoms with Gasteiger partial charge in [0.2, 0.25) is 0 Å². The lowest BCUT2D eigenvalue weighted by Gasteiger charge is -2.35. The molecule has 38 heavy (non-hydrogen) atoms. The quantitative estimate of drug-likeness (QED) is 0.268. The van der Waals surface area contributed by atoms with E-state index in [9.17, 15) is 22.8 Å². The minimum Gasteiger partial charge on any atom is -0.496 e. The standard InChI is InChI=1S/C25H22F4N6O3/c1-38-18-3-2-11(26)6-15(18)24(37)33-10-16-17(27)7-14(13-4-5-32-20(13)16)21-19(23(31)36)22(30)35(34-21)12-8-25(28,29)9-12/h2-7,12,32H,8-10,30H2,1H3,(H2,31,36)(H,33,37). The molecule has 1 fully saturated rings. The van der Waals surface area contributed by atoms with Crippen LogP contribution in [0.25, 0.3) is 22.2 Å². The first-order valence-electron chi connectivity index (χ1n) is 11.5. The van der Waals surface area contributed by atoms with Crippen LogP contribution in [-0.2, 0) is 6.54 Å². The maximum Gasteiger partial charge on any atom is 0.255 e. The van der Waals surface area contributed by atoms with Crippen molar-refractivity contribution in [3.63, 3.8) is 0 Å². The average Bonchev–Trinajstić information content (AvgIpc) is 3.46.